The molecule has 3 rings (SSSR count). The van der Waals surface area contributed by atoms with Gasteiger partial charge in [-0.05, 0) is 32.0 Å². The average molecular weight is 417 g/mol. The molecule has 2 aliphatic rings. The van der Waals surface area contributed by atoms with E-state index in [0.717, 1.165) is 78.1 Å². The molecule has 0 amide bonds. The predicted octanol–water partition coefficient (Wildman–Crippen LogP) is 1.21. The summed E-state index contributed by atoms with van der Waals surface area (Å²) in [5.41, 5.74) is 2.66. The molecule has 7 heteroatoms. The number of nitrogens with zero attached hydrogens (tertiary/aromatic N) is 4. The summed E-state index contributed by atoms with van der Waals surface area (Å²) in [6.07, 6.45) is 0. The fourth-order valence-electron chi connectivity index (χ4n) is 4.01. The second-order valence-electron chi connectivity index (χ2n) is 8.42. The Hall–Kier alpha value is -1.67. The highest BCUT2D eigenvalue weighted by Gasteiger charge is 2.19. The van der Waals surface area contributed by atoms with E-state index in [1.165, 1.54) is 11.1 Å². The van der Waals surface area contributed by atoms with Gasteiger partial charge in [-0.25, -0.2) is 4.99 Å². The third-order valence-electron chi connectivity index (χ3n) is 6.09. The van der Waals surface area contributed by atoms with E-state index in [-0.39, 0.29) is 0 Å². The van der Waals surface area contributed by atoms with Crippen LogP contribution in [0.1, 0.15) is 25.0 Å². The third-order valence-corrected chi connectivity index (χ3v) is 6.09. The minimum Gasteiger partial charge on any atom is -0.379 e. The van der Waals surface area contributed by atoms with Gasteiger partial charge >= 0.3 is 0 Å². The van der Waals surface area contributed by atoms with E-state index in [1.807, 2.05) is 0 Å². The Morgan fingerprint density at radius 1 is 1.03 bits per heavy atom. The normalized spacial score (nSPS) is 20.8. The molecule has 1 atom stereocenters. The lowest BCUT2D eigenvalue weighted by Gasteiger charge is -2.36. The van der Waals surface area contributed by atoms with Gasteiger partial charge in [0.25, 0.3) is 0 Å². The van der Waals surface area contributed by atoms with Gasteiger partial charge in [-0.3, -0.25) is 9.80 Å². The van der Waals surface area contributed by atoms with Gasteiger partial charge in [0.15, 0.2) is 5.96 Å². The second kappa shape index (κ2) is 12.2. The van der Waals surface area contributed by atoms with Gasteiger partial charge in [0.1, 0.15) is 0 Å². The SMILES string of the molecule is CCNC(=NCc1ccccc1CN1CCOCC1)NCC(C)N1CCN(C)CC1. The summed E-state index contributed by atoms with van der Waals surface area (Å²) in [7, 11) is 2.20. The highest BCUT2D eigenvalue weighted by molar-refractivity contribution is 5.79. The molecule has 168 valence electrons. The van der Waals surface area contributed by atoms with Crippen LogP contribution in [0.25, 0.3) is 0 Å². The molecular weight excluding hydrogens is 376 g/mol. The summed E-state index contributed by atoms with van der Waals surface area (Å²) >= 11 is 0. The summed E-state index contributed by atoms with van der Waals surface area (Å²) in [6.45, 7) is 16.1. The fourth-order valence-corrected chi connectivity index (χ4v) is 4.01. The molecule has 0 saturated carbocycles. The molecule has 0 aliphatic carbocycles. The van der Waals surface area contributed by atoms with Crippen LogP contribution >= 0.6 is 0 Å². The smallest absolute Gasteiger partial charge is 0.191 e. The summed E-state index contributed by atoms with van der Waals surface area (Å²) < 4.78 is 5.48. The van der Waals surface area contributed by atoms with Gasteiger partial charge in [-0.1, -0.05) is 24.3 Å². The zero-order valence-corrected chi connectivity index (χ0v) is 19.1. The molecule has 2 heterocycles. The molecule has 2 N–H and O–H groups in total. The molecule has 0 aromatic heterocycles. The molecule has 2 aliphatic heterocycles. The van der Waals surface area contributed by atoms with Crippen LogP contribution in [0.3, 0.4) is 0 Å². The molecule has 30 heavy (non-hydrogen) atoms. The highest BCUT2D eigenvalue weighted by Crippen LogP contribution is 2.14. The molecule has 7 nitrogen and oxygen atoms in total. The van der Waals surface area contributed by atoms with Crippen LogP contribution in [0, 0.1) is 0 Å². The van der Waals surface area contributed by atoms with Crippen LogP contribution in [-0.4, -0.2) is 99.3 Å². The molecular formula is C23H40N6O. The highest BCUT2D eigenvalue weighted by atomic mass is 16.5. The van der Waals surface area contributed by atoms with Crippen LogP contribution in [0.4, 0.5) is 0 Å². The summed E-state index contributed by atoms with van der Waals surface area (Å²) in [6, 6.07) is 9.18. The Morgan fingerprint density at radius 3 is 2.43 bits per heavy atom. The Morgan fingerprint density at radius 2 is 1.73 bits per heavy atom. The first-order valence-corrected chi connectivity index (χ1v) is 11.5. The van der Waals surface area contributed by atoms with Crippen LogP contribution in [0.15, 0.2) is 29.3 Å². The monoisotopic (exact) mass is 416 g/mol. The number of guanidine groups is 1. The van der Waals surface area contributed by atoms with Gasteiger partial charge in [-0.2, -0.15) is 0 Å². The molecule has 1 unspecified atom stereocenters. The number of piperazine rings is 1. The Bertz CT molecular complexity index is 653. The quantitative estimate of drug-likeness (QED) is 0.491. The minimum atomic E-state index is 0.496. The number of hydrogen-bond donors (Lipinski definition) is 2. The van der Waals surface area contributed by atoms with Crippen LogP contribution in [-0.2, 0) is 17.8 Å². The van der Waals surface area contributed by atoms with Crippen molar-refractivity contribution in [2.24, 2.45) is 4.99 Å². The lowest BCUT2D eigenvalue weighted by molar-refractivity contribution is 0.0341. The van der Waals surface area contributed by atoms with Gasteiger partial charge < -0.3 is 20.3 Å². The summed E-state index contributed by atoms with van der Waals surface area (Å²) in [4.78, 5) is 12.3. The first-order valence-electron chi connectivity index (χ1n) is 11.5. The predicted molar refractivity (Wildman–Crippen MR) is 124 cm³/mol. The lowest BCUT2D eigenvalue weighted by atomic mass is 10.1. The second-order valence-corrected chi connectivity index (χ2v) is 8.42. The van der Waals surface area contributed by atoms with Crippen LogP contribution < -0.4 is 10.6 Å². The van der Waals surface area contributed by atoms with Gasteiger partial charge in [0.2, 0.25) is 0 Å². The van der Waals surface area contributed by atoms with E-state index >= 15 is 0 Å². The van der Waals surface area contributed by atoms with E-state index in [9.17, 15) is 0 Å². The van der Waals surface area contributed by atoms with Crippen molar-refractivity contribution in [2.75, 3.05) is 72.6 Å². The number of morpholine rings is 1. The first-order chi connectivity index (χ1) is 14.7. The Kier molecular flexibility index (Phi) is 9.39. The minimum absolute atomic E-state index is 0.496. The molecule has 1 aromatic rings. The van der Waals surface area contributed by atoms with E-state index in [2.05, 4.69) is 70.5 Å². The Labute approximate surface area is 182 Å². The zero-order valence-electron chi connectivity index (χ0n) is 19.1. The van der Waals surface area contributed by atoms with Gasteiger partial charge in [0, 0.05) is 64.9 Å². The third kappa shape index (κ3) is 7.23. The molecule has 0 spiro atoms. The van der Waals surface area contributed by atoms with E-state index in [0.29, 0.717) is 12.6 Å². The van der Waals surface area contributed by atoms with Crippen molar-refractivity contribution in [1.82, 2.24) is 25.3 Å². The Balaban J connectivity index is 1.55. The van der Waals surface area contributed by atoms with Crippen molar-refractivity contribution in [2.45, 2.75) is 33.0 Å². The van der Waals surface area contributed by atoms with Crippen LogP contribution in [0.5, 0.6) is 0 Å². The van der Waals surface area contributed by atoms with E-state index in [4.69, 9.17) is 9.73 Å². The van der Waals surface area contributed by atoms with Gasteiger partial charge in [-0.15, -0.1) is 0 Å². The number of hydrogen-bond acceptors (Lipinski definition) is 5. The number of rotatable bonds is 8. The lowest BCUT2D eigenvalue weighted by Crippen LogP contribution is -2.52. The maximum absolute atomic E-state index is 5.48. The number of benzene rings is 1. The maximum Gasteiger partial charge on any atom is 0.191 e. The zero-order chi connectivity index (χ0) is 21.2. The van der Waals surface area contributed by atoms with Crippen molar-refractivity contribution in [3.63, 3.8) is 0 Å². The number of nitrogens with one attached hydrogen (secondary N) is 2. The molecule has 2 fully saturated rings. The van der Waals surface area contributed by atoms with Crippen molar-refractivity contribution < 1.29 is 4.74 Å². The number of ether oxygens (including phenoxy) is 1. The van der Waals surface area contributed by atoms with Crippen LogP contribution in [0.2, 0.25) is 0 Å². The molecule has 0 radical (unpaired) electrons. The van der Waals surface area contributed by atoms with Gasteiger partial charge in [0.05, 0.1) is 19.8 Å². The number of likely N-dealkylation sites (N-methyl/N-ethyl adjacent to an activating group) is 1. The van der Waals surface area contributed by atoms with E-state index < -0.39 is 0 Å². The summed E-state index contributed by atoms with van der Waals surface area (Å²) in [5.74, 6) is 0.902. The first kappa shape index (κ1) is 23.0. The topological polar surface area (TPSA) is 55.4 Å². The molecule has 0 bridgehead atoms. The van der Waals surface area contributed by atoms with E-state index in [1.54, 1.807) is 0 Å². The average Bonchev–Trinajstić information content (AvgIpc) is 2.77. The van der Waals surface area contributed by atoms with Crippen molar-refractivity contribution >= 4 is 5.96 Å². The standard InChI is InChI=1S/C23H40N6O/c1-4-24-23(25-17-20(2)29-11-9-27(3)10-12-29)26-18-21-7-5-6-8-22(21)19-28-13-15-30-16-14-28/h5-8,20H,4,9-19H2,1-3H3,(H2,24,25,26). The largest absolute Gasteiger partial charge is 0.379 e. The van der Waals surface area contributed by atoms with Crippen molar-refractivity contribution in [3.8, 4) is 0 Å². The van der Waals surface area contributed by atoms with Crippen molar-refractivity contribution in [3.05, 3.63) is 35.4 Å². The van der Waals surface area contributed by atoms with Crippen molar-refractivity contribution in [1.29, 1.82) is 0 Å². The molecule has 2 saturated heterocycles. The number of aliphatic imine (C=N–C) groups is 1. The fraction of sp³-hybridized carbons (Fsp3) is 0.696. The maximum atomic E-state index is 5.48. The molecule has 1 aromatic carbocycles. The summed E-state index contributed by atoms with van der Waals surface area (Å²) in [5, 5.41) is 6.96.